The summed E-state index contributed by atoms with van der Waals surface area (Å²) in [5.74, 6) is 0.491. The largest absolute Gasteiger partial charge is 0.352 e. The van der Waals surface area contributed by atoms with E-state index in [0.717, 1.165) is 29.5 Å². The maximum Gasteiger partial charge on any atom is 0.255 e. The molecule has 0 aliphatic rings. The van der Waals surface area contributed by atoms with Crippen molar-refractivity contribution in [1.29, 1.82) is 0 Å². The number of hydrogen-bond donors (Lipinski definition) is 1. The van der Waals surface area contributed by atoms with E-state index in [1.165, 1.54) is 5.56 Å². The Hall–Kier alpha value is -3.79. The predicted octanol–water partition coefficient (Wildman–Crippen LogP) is 5.79. The molecule has 1 heterocycles. The Morgan fingerprint density at radius 2 is 1.44 bits per heavy atom. The standard InChI is InChI=1S/C28H27N3O/c1-20-15-17-23(18-16-20)26-25(21(2)30-27(31-26)24-13-7-4-8-14-24)28(32)29-19-9-12-22-10-5-3-6-11-22/h3-8,10-11,13-18H,9,12,19H2,1-2H3,(H,29,32). The molecule has 32 heavy (non-hydrogen) atoms. The first-order valence-corrected chi connectivity index (χ1v) is 10.9. The fourth-order valence-electron chi connectivity index (χ4n) is 3.71. The van der Waals surface area contributed by atoms with Crippen molar-refractivity contribution in [3.63, 3.8) is 0 Å². The molecule has 0 saturated carbocycles. The van der Waals surface area contributed by atoms with Gasteiger partial charge < -0.3 is 5.32 Å². The average Bonchev–Trinajstić information content (AvgIpc) is 2.83. The molecule has 0 spiro atoms. The number of hydrogen-bond acceptors (Lipinski definition) is 3. The highest BCUT2D eigenvalue weighted by molar-refractivity contribution is 6.01. The van der Waals surface area contributed by atoms with Crippen molar-refractivity contribution in [2.75, 3.05) is 6.54 Å². The van der Waals surface area contributed by atoms with E-state index in [4.69, 9.17) is 4.98 Å². The summed E-state index contributed by atoms with van der Waals surface area (Å²) in [6.45, 7) is 4.52. The van der Waals surface area contributed by atoms with Crippen molar-refractivity contribution in [3.8, 4) is 22.6 Å². The van der Waals surface area contributed by atoms with Gasteiger partial charge >= 0.3 is 0 Å². The van der Waals surface area contributed by atoms with Gasteiger partial charge in [0.05, 0.1) is 17.0 Å². The Balaban J connectivity index is 1.61. The zero-order chi connectivity index (χ0) is 22.3. The van der Waals surface area contributed by atoms with E-state index in [2.05, 4.69) is 22.4 Å². The smallest absolute Gasteiger partial charge is 0.255 e. The Morgan fingerprint density at radius 1 is 0.781 bits per heavy atom. The lowest BCUT2D eigenvalue weighted by Gasteiger charge is -2.14. The van der Waals surface area contributed by atoms with E-state index in [-0.39, 0.29) is 5.91 Å². The Morgan fingerprint density at radius 3 is 2.12 bits per heavy atom. The SMILES string of the molecule is Cc1ccc(-c2nc(-c3ccccc3)nc(C)c2C(=O)NCCCc2ccccc2)cc1. The molecule has 0 saturated heterocycles. The maximum absolute atomic E-state index is 13.2. The van der Waals surface area contributed by atoms with Crippen LogP contribution in [0.2, 0.25) is 0 Å². The van der Waals surface area contributed by atoms with Crippen LogP contribution in [0.1, 0.15) is 33.6 Å². The van der Waals surface area contributed by atoms with E-state index in [9.17, 15) is 4.79 Å². The second kappa shape index (κ2) is 10.0. The minimum atomic E-state index is -0.134. The van der Waals surface area contributed by atoms with Crippen LogP contribution in [0.5, 0.6) is 0 Å². The second-order valence-electron chi connectivity index (χ2n) is 7.93. The summed E-state index contributed by atoms with van der Waals surface area (Å²) in [6.07, 6.45) is 1.80. The van der Waals surface area contributed by atoms with Crippen LogP contribution in [0, 0.1) is 13.8 Å². The Labute approximate surface area is 189 Å². The van der Waals surface area contributed by atoms with Gasteiger partial charge in [0.25, 0.3) is 5.91 Å². The van der Waals surface area contributed by atoms with Gasteiger partial charge in [-0.1, -0.05) is 90.5 Å². The molecule has 4 nitrogen and oxygen atoms in total. The van der Waals surface area contributed by atoms with Gasteiger partial charge in [0.2, 0.25) is 0 Å². The van der Waals surface area contributed by atoms with Gasteiger partial charge in [-0.3, -0.25) is 4.79 Å². The molecule has 4 rings (SSSR count). The molecular weight excluding hydrogens is 394 g/mol. The number of nitrogens with zero attached hydrogens (tertiary/aromatic N) is 2. The molecule has 160 valence electrons. The monoisotopic (exact) mass is 421 g/mol. The molecule has 3 aromatic carbocycles. The molecule has 0 radical (unpaired) electrons. The summed E-state index contributed by atoms with van der Waals surface area (Å²) in [7, 11) is 0. The Bertz CT molecular complexity index is 1190. The third-order valence-corrected chi connectivity index (χ3v) is 5.44. The number of amides is 1. The quantitative estimate of drug-likeness (QED) is 0.384. The van der Waals surface area contributed by atoms with Crippen molar-refractivity contribution < 1.29 is 4.79 Å². The van der Waals surface area contributed by atoms with Crippen molar-refractivity contribution in [2.45, 2.75) is 26.7 Å². The van der Waals surface area contributed by atoms with Crippen LogP contribution in [-0.2, 0) is 6.42 Å². The molecule has 0 atom stereocenters. The molecule has 4 aromatic rings. The van der Waals surface area contributed by atoms with E-state index < -0.39 is 0 Å². The molecule has 0 fully saturated rings. The minimum absolute atomic E-state index is 0.134. The highest BCUT2D eigenvalue weighted by Crippen LogP contribution is 2.27. The molecular formula is C28H27N3O. The number of carbonyl (C=O) groups is 1. The minimum Gasteiger partial charge on any atom is -0.352 e. The lowest BCUT2D eigenvalue weighted by Crippen LogP contribution is -2.27. The molecule has 0 aliphatic carbocycles. The first-order chi connectivity index (χ1) is 15.6. The summed E-state index contributed by atoms with van der Waals surface area (Å²) in [6, 6.07) is 28.3. The maximum atomic E-state index is 13.2. The van der Waals surface area contributed by atoms with E-state index >= 15 is 0 Å². The molecule has 1 N–H and O–H groups in total. The van der Waals surface area contributed by atoms with Gasteiger partial charge in [0.15, 0.2) is 5.82 Å². The van der Waals surface area contributed by atoms with Gasteiger partial charge in [0.1, 0.15) is 0 Å². The number of rotatable bonds is 7. The van der Waals surface area contributed by atoms with Crippen LogP contribution in [-0.4, -0.2) is 22.4 Å². The summed E-state index contributed by atoms with van der Waals surface area (Å²) in [4.78, 5) is 22.7. The summed E-state index contributed by atoms with van der Waals surface area (Å²) in [5, 5.41) is 3.07. The van der Waals surface area contributed by atoms with Gasteiger partial charge in [-0.2, -0.15) is 0 Å². The first-order valence-electron chi connectivity index (χ1n) is 10.9. The molecule has 0 unspecified atom stereocenters. The van der Waals surface area contributed by atoms with Crippen LogP contribution in [0.15, 0.2) is 84.9 Å². The number of nitrogens with one attached hydrogen (secondary N) is 1. The topological polar surface area (TPSA) is 54.9 Å². The third-order valence-electron chi connectivity index (χ3n) is 5.44. The summed E-state index contributed by atoms with van der Waals surface area (Å²) >= 11 is 0. The number of benzene rings is 3. The van der Waals surface area contributed by atoms with Crippen LogP contribution < -0.4 is 5.32 Å². The van der Waals surface area contributed by atoms with Crippen LogP contribution in [0.3, 0.4) is 0 Å². The van der Waals surface area contributed by atoms with E-state index in [0.29, 0.717) is 29.3 Å². The van der Waals surface area contributed by atoms with Gasteiger partial charge in [-0.15, -0.1) is 0 Å². The molecule has 1 aromatic heterocycles. The number of carbonyl (C=O) groups excluding carboxylic acids is 1. The van der Waals surface area contributed by atoms with Crippen LogP contribution in [0.4, 0.5) is 0 Å². The summed E-state index contributed by atoms with van der Waals surface area (Å²) in [5.41, 5.74) is 6.15. The lowest BCUT2D eigenvalue weighted by molar-refractivity contribution is 0.0952. The number of aryl methyl sites for hydroxylation is 3. The normalized spacial score (nSPS) is 10.7. The molecule has 4 heteroatoms. The first kappa shape index (κ1) is 21.4. The van der Waals surface area contributed by atoms with Crippen molar-refractivity contribution >= 4 is 5.91 Å². The lowest BCUT2D eigenvalue weighted by atomic mass is 10.0. The van der Waals surface area contributed by atoms with E-state index in [1.54, 1.807) is 0 Å². The number of aromatic nitrogens is 2. The van der Waals surface area contributed by atoms with E-state index in [1.807, 2.05) is 86.6 Å². The fraction of sp³-hybridized carbons (Fsp3) is 0.179. The Kier molecular flexibility index (Phi) is 6.71. The van der Waals surface area contributed by atoms with Crippen molar-refractivity contribution in [2.24, 2.45) is 0 Å². The zero-order valence-electron chi connectivity index (χ0n) is 18.5. The third kappa shape index (κ3) is 5.09. The van der Waals surface area contributed by atoms with Crippen molar-refractivity contribution in [3.05, 3.63) is 107 Å². The highest BCUT2D eigenvalue weighted by Gasteiger charge is 2.20. The second-order valence-corrected chi connectivity index (χ2v) is 7.93. The van der Waals surface area contributed by atoms with Crippen LogP contribution >= 0.6 is 0 Å². The summed E-state index contributed by atoms with van der Waals surface area (Å²) < 4.78 is 0. The average molecular weight is 422 g/mol. The predicted molar refractivity (Wildman–Crippen MR) is 129 cm³/mol. The van der Waals surface area contributed by atoms with Crippen LogP contribution in [0.25, 0.3) is 22.6 Å². The zero-order valence-corrected chi connectivity index (χ0v) is 18.5. The molecule has 0 bridgehead atoms. The van der Waals surface area contributed by atoms with Crippen molar-refractivity contribution in [1.82, 2.24) is 15.3 Å². The fourth-order valence-corrected chi connectivity index (χ4v) is 3.71. The van der Waals surface area contributed by atoms with Gasteiger partial charge in [0, 0.05) is 17.7 Å². The highest BCUT2D eigenvalue weighted by atomic mass is 16.1. The molecule has 1 amide bonds. The van der Waals surface area contributed by atoms with Gasteiger partial charge in [-0.25, -0.2) is 9.97 Å². The van der Waals surface area contributed by atoms with Gasteiger partial charge in [-0.05, 0) is 32.3 Å². The molecule has 0 aliphatic heterocycles.